The van der Waals surface area contributed by atoms with Crippen molar-refractivity contribution >= 4 is 29.6 Å². The van der Waals surface area contributed by atoms with Gasteiger partial charge in [0.15, 0.2) is 0 Å². The van der Waals surface area contributed by atoms with E-state index in [-0.39, 0.29) is 6.44 Å². The van der Waals surface area contributed by atoms with Crippen molar-refractivity contribution in [3.8, 4) is 0 Å². The Morgan fingerprint density at radius 2 is 2.23 bits per heavy atom. The average Bonchev–Trinajstić information content (AvgIpc) is 3.02. The predicted octanol–water partition coefficient (Wildman–Crippen LogP) is -0.144. The zero-order valence-corrected chi connectivity index (χ0v) is 11.6. The van der Waals surface area contributed by atoms with Crippen LogP contribution in [-0.2, 0) is 9.63 Å². The van der Waals surface area contributed by atoms with Crippen molar-refractivity contribution in [2.45, 2.75) is 12.5 Å². The van der Waals surface area contributed by atoms with E-state index in [1.165, 1.54) is 0 Å². The summed E-state index contributed by atoms with van der Waals surface area (Å²) in [6, 6.07) is 9.66. The Morgan fingerprint density at radius 3 is 3.05 bits per heavy atom. The van der Waals surface area contributed by atoms with E-state index in [0.29, 0.717) is 12.1 Å². The summed E-state index contributed by atoms with van der Waals surface area (Å²) in [6.07, 6.45) is 1.00. The number of aromatic nitrogens is 1. The zero-order valence-electron chi connectivity index (χ0n) is 11.6. The summed E-state index contributed by atoms with van der Waals surface area (Å²) in [5.41, 5.74) is 2.33. The fraction of sp³-hybridized carbons (Fsp3) is 0.214. The van der Waals surface area contributed by atoms with Crippen molar-refractivity contribution in [1.82, 2.24) is 10.3 Å². The van der Waals surface area contributed by atoms with Gasteiger partial charge in [-0.3, -0.25) is 9.78 Å². The van der Waals surface area contributed by atoms with E-state index < -0.39 is 19.1 Å². The number of hydrogen-bond donors (Lipinski definition) is 3. The van der Waals surface area contributed by atoms with E-state index in [9.17, 15) is 4.79 Å². The standard InChI is InChI=1S/C14H14BN3O4/c19-14(17-8-15(20)21)13-6-12(18-22-13)10-5-9-3-1-2-4-11(9)16-7-10/h1-5,7,13,20-21H,6,8H2,(H,17,19). The Morgan fingerprint density at radius 1 is 1.41 bits per heavy atom. The maximum atomic E-state index is 11.8. The molecule has 1 aliphatic rings. The topological polar surface area (TPSA) is 104 Å². The number of hydrogen-bond acceptors (Lipinski definition) is 6. The van der Waals surface area contributed by atoms with Crippen molar-refractivity contribution in [3.05, 3.63) is 42.1 Å². The minimum Gasteiger partial charge on any atom is -0.426 e. The molecule has 1 aromatic carbocycles. The highest BCUT2D eigenvalue weighted by molar-refractivity contribution is 6.41. The molecule has 0 aliphatic carbocycles. The molecule has 0 fully saturated rings. The summed E-state index contributed by atoms with van der Waals surface area (Å²) in [6.45, 7) is 0. The molecule has 1 amide bonds. The maximum absolute atomic E-state index is 11.8. The van der Waals surface area contributed by atoms with Crippen LogP contribution in [-0.4, -0.2) is 46.3 Å². The molecule has 22 heavy (non-hydrogen) atoms. The van der Waals surface area contributed by atoms with Gasteiger partial charge in [0.1, 0.15) is 0 Å². The van der Waals surface area contributed by atoms with Crippen LogP contribution in [0, 0.1) is 0 Å². The van der Waals surface area contributed by atoms with E-state index in [0.717, 1.165) is 16.5 Å². The second-order valence-corrected chi connectivity index (χ2v) is 4.98. The van der Waals surface area contributed by atoms with E-state index >= 15 is 0 Å². The fourth-order valence-corrected chi connectivity index (χ4v) is 2.22. The number of nitrogens with zero attached hydrogens (tertiary/aromatic N) is 2. The molecule has 1 unspecified atom stereocenters. The first-order chi connectivity index (χ1) is 10.6. The molecule has 1 atom stereocenters. The second-order valence-electron chi connectivity index (χ2n) is 4.98. The molecule has 0 saturated carbocycles. The molecule has 112 valence electrons. The molecule has 2 heterocycles. The highest BCUT2D eigenvalue weighted by atomic mass is 16.6. The molecule has 0 bridgehead atoms. The van der Waals surface area contributed by atoms with Crippen LogP contribution < -0.4 is 5.32 Å². The van der Waals surface area contributed by atoms with Gasteiger partial charge in [-0.2, -0.15) is 0 Å². The molecule has 0 radical (unpaired) electrons. The molecular weight excluding hydrogens is 285 g/mol. The third-order valence-electron chi connectivity index (χ3n) is 3.34. The average molecular weight is 299 g/mol. The van der Waals surface area contributed by atoms with Crippen LogP contribution in [0.1, 0.15) is 12.0 Å². The van der Waals surface area contributed by atoms with Gasteiger partial charge in [0, 0.05) is 23.6 Å². The van der Waals surface area contributed by atoms with E-state index in [4.69, 9.17) is 14.9 Å². The van der Waals surface area contributed by atoms with Gasteiger partial charge >= 0.3 is 7.12 Å². The summed E-state index contributed by atoms with van der Waals surface area (Å²) < 4.78 is 0. The quantitative estimate of drug-likeness (QED) is 0.681. The van der Waals surface area contributed by atoms with Crippen molar-refractivity contribution in [3.63, 3.8) is 0 Å². The zero-order chi connectivity index (χ0) is 15.5. The first-order valence-corrected chi connectivity index (χ1v) is 6.85. The van der Waals surface area contributed by atoms with Gasteiger partial charge in [-0.15, -0.1) is 0 Å². The van der Waals surface area contributed by atoms with Gasteiger partial charge in [0.05, 0.1) is 17.7 Å². The van der Waals surface area contributed by atoms with Crippen LogP contribution in [0.3, 0.4) is 0 Å². The number of para-hydroxylation sites is 1. The predicted molar refractivity (Wildman–Crippen MR) is 81.0 cm³/mol. The first-order valence-electron chi connectivity index (χ1n) is 6.85. The van der Waals surface area contributed by atoms with Gasteiger partial charge < -0.3 is 20.2 Å². The van der Waals surface area contributed by atoms with Gasteiger partial charge in [-0.1, -0.05) is 23.4 Å². The highest BCUT2D eigenvalue weighted by Gasteiger charge is 2.29. The molecular formula is C14H14BN3O4. The minimum absolute atomic E-state index is 0.244. The van der Waals surface area contributed by atoms with Crippen molar-refractivity contribution in [1.29, 1.82) is 0 Å². The number of amides is 1. The summed E-state index contributed by atoms with van der Waals surface area (Å²) in [7, 11) is -1.59. The van der Waals surface area contributed by atoms with E-state index in [2.05, 4.69) is 15.5 Å². The first kappa shape index (κ1) is 14.5. The van der Waals surface area contributed by atoms with E-state index in [1.807, 2.05) is 30.3 Å². The lowest BCUT2D eigenvalue weighted by atomic mass is 9.92. The molecule has 1 aromatic heterocycles. The maximum Gasteiger partial charge on any atom is 0.472 e. The summed E-state index contributed by atoms with van der Waals surface area (Å²) in [5, 5.41) is 24.8. The lowest BCUT2D eigenvalue weighted by Crippen LogP contribution is -2.41. The largest absolute Gasteiger partial charge is 0.472 e. The number of carbonyl (C=O) groups is 1. The summed E-state index contributed by atoms with van der Waals surface area (Å²) in [5.74, 6) is -0.430. The Hall–Kier alpha value is -2.45. The Balaban J connectivity index is 1.69. The third-order valence-corrected chi connectivity index (χ3v) is 3.34. The molecule has 7 nitrogen and oxygen atoms in total. The number of nitrogens with one attached hydrogen (secondary N) is 1. The third kappa shape index (κ3) is 3.08. The lowest BCUT2D eigenvalue weighted by molar-refractivity contribution is -0.130. The Bertz CT molecular complexity index is 735. The van der Waals surface area contributed by atoms with Crippen LogP contribution in [0.25, 0.3) is 10.9 Å². The van der Waals surface area contributed by atoms with Crippen LogP contribution >= 0.6 is 0 Å². The molecule has 1 aliphatic heterocycles. The number of fused-ring (bicyclic) bond motifs is 1. The summed E-state index contributed by atoms with van der Waals surface area (Å²) in [4.78, 5) is 21.3. The van der Waals surface area contributed by atoms with Gasteiger partial charge in [-0.25, -0.2) is 0 Å². The minimum atomic E-state index is -1.59. The number of oxime groups is 1. The molecule has 8 heteroatoms. The van der Waals surface area contributed by atoms with Crippen molar-refractivity contribution in [2.24, 2.45) is 5.16 Å². The molecule has 3 N–H and O–H groups in total. The normalized spacial score (nSPS) is 17.0. The number of pyridine rings is 1. The van der Waals surface area contributed by atoms with Crippen LogP contribution in [0.15, 0.2) is 41.7 Å². The number of benzene rings is 1. The van der Waals surface area contributed by atoms with Gasteiger partial charge in [-0.05, 0) is 12.1 Å². The van der Waals surface area contributed by atoms with Gasteiger partial charge in [0.25, 0.3) is 5.91 Å². The summed E-state index contributed by atoms with van der Waals surface area (Å²) >= 11 is 0. The van der Waals surface area contributed by atoms with Crippen LogP contribution in [0.4, 0.5) is 0 Å². The molecule has 2 aromatic rings. The SMILES string of the molecule is O=C(NCB(O)O)C1CC(c2cnc3ccccc3c2)=NO1. The molecule has 3 rings (SSSR count). The van der Waals surface area contributed by atoms with Crippen LogP contribution in [0.5, 0.6) is 0 Å². The highest BCUT2D eigenvalue weighted by Crippen LogP contribution is 2.19. The fourth-order valence-electron chi connectivity index (χ4n) is 2.22. The van der Waals surface area contributed by atoms with E-state index in [1.54, 1.807) is 6.20 Å². The Labute approximate surface area is 126 Å². The monoisotopic (exact) mass is 299 g/mol. The van der Waals surface area contributed by atoms with Crippen molar-refractivity contribution < 1.29 is 19.7 Å². The van der Waals surface area contributed by atoms with Crippen molar-refractivity contribution in [2.75, 3.05) is 6.44 Å². The smallest absolute Gasteiger partial charge is 0.426 e. The molecule has 0 spiro atoms. The van der Waals surface area contributed by atoms with Gasteiger partial charge in [0.2, 0.25) is 6.10 Å². The number of rotatable bonds is 4. The molecule has 0 saturated heterocycles. The number of carbonyl (C=O) groups excluding carboxylic acids is 1. The second kappa shape index (κ2) is 6.12. The van der Waals surface area contributed by atoms with Crippen LogP contribution in [0.2, 0.25) is 0 Å². The Kier molecular flexibility index (Phi) is 4.03. The lowest BCUT2D eigenvalue weighted by Gasteiger charge is -2.08.